The number of urea groups is 1. The van der Waals surface area contributed by atoms with Crippen molar-refractivity contribution in [1.82, 2.24) is 9.88 Å². The molecule has 2 aromatic rings. The van der Waals surface area contributed by atoms with Gasteiger partial charge in [-0.25, -0.2) is 9.78 Å². The number of benzene rings is 1. The quantitative estimate of drug-likeness (QED) is 0.466. The molecule has 1 fully saturated rings. The first-order chi connectivity index (χ1) is 14.6. The number of carboxylic acid groups (broad SMARTS) is 1. The molecule has 1 heterocycles. The van der Waals surface area contributed by atoms with Crippen molar-refractivity contribution < 1.29 is 14.7 Å². The van der Waals surface area contributed by atoms with Crippen LogP contribution in [-0.2, 0) is 4.79 Å². The Kier molecular flexibility index (Phi) is 7.55. The number of thioether (sulfide) groups is 1. The fraction of sp³-hybridized carbons (Fsp3) is 0.500. The van der Waals surface area contributed by atoms with E-state index in [9.17, 15) is 14.7 Å². The number of carbonyl (C=O) groups is 2. The summed E-state index contributed by atoms with van der Waals surface area (Å²) >= 11 is 9.24. The Morgan fingerprint density at radius 1 is 1.39 bits per heavy atom. The molecule has 31 heavy (non-hydrogen) atoms. The Labute approximate surface area is 196 Å². The summed E-state index contributed by atoms with van der Waals surface area (Å²) in [4.78, 5) is 30.0. The maximum absolute atomic E-state index is 12.7. The van der Waals surface area contributed by atoms with E-state index in [4.69, 9.17) is 11.6 Å². The predicted octanol–water partition coefficient (Wildman–Crippen LogP) is 6.11. The van der Waals surface area contributed by atoms with Crippen molar-refractivity contribution in [2.45, 2.75) is 56.2 Å². The van der Waals surface area contributed by atoms with E-state index in [0.29, 0.717) is 16.8 Å². The van der Waals surface area contributed by atoms with Crippen LogP contribution in [0.2, 0.25) is 5.02 Å². The van der Waals surface area contributed by atoms with Crippen molar-refractivity contribution in [3.05, 3.63) is 40.5 Å². The number of carboxylic acids is 1. The average Bonchev–Trinajstić information content (AvgIpc) is 3.35. The summed E-state index contributed by atoms with van der Waals surface area (Å²) in [5.41, 5.74) is 1.49. The number of nitrogens with zero attached hydrogens (tertiary/aromatic N) is 2. The molecule has 1 aliphatic carbocycles. The van der Waals surface area contributed by atoms with Gasteiger partial charge in [-0.2, -0.15) is 0 Å². The zero-order valence-corrected chi connectivity index (χ0v) is 20.5. The van der Waals surface area contributed by atoms with Crippen molar-refractivity contribution in [3.8, 4) is 0 Å². The number of hydrogen-bond acceptors (Lipinski definition) is 5. The second-order valence-electron chi connectivity index (χ2n) is 8.69. The number of nitrogens with one attached hydrogen (secondary N) is 1. The Morgan fingerprint density at radius 3 is 2.81 bits per heavy atom. The predicted molar refractivity (Wildman–Crippen MR) is 128 cm³/mol. The smallest absolute Gasteiger partial charge is 0.323 e. The summed E-state index contributed by atoms with van der Waals surface area (Å²) in [5.74, 6) is -0.0432. The number of hydrogen-bond donors (Lipinski definition) is 2. The first-order valence-electron chi connectivity index (χ1n) is 10.2. The minimum absolute atomic E-state index is 0.146. The van der Waals surface area contributed by atoms with Crippen LogP contribution in [0.25, 0.3) is 0 Å². The number of aryl methyl sites for hydroxylation is 1. The van der Waals surface area contributed by atoms with E-state index < -0.39 is 11.4 Å². The lowest BCUT2D eigenvalue weighted by Gasteiger charge is -2.24. The molecule has 0 radical (unpaired) electrons. The molecule has 168 valence electrons. The second kappa shape index (κ2) is 9.79. The number of thiazole rings is 1. The molecule has 2 unspecified atom stereocenters. The highest BCUT2D eigenvalue weighted by Crippen LogP contribution is 2.40. The van der Waals surface area contributed by atoms with Crippen molar-refractivity contribution in [3.63, 3.8) is 0 Å². The van der Waals surface area contributed by atoms with Crippen LogP contribution in [0.4, 0.5) is 9.93 Å². The van der Waals surface area contributed by atoms with E-state index in [1.165, 1.54) is 23.1 Å². The SMILES string of the molecule is Cc1ccc(C2CCC(N(C)C(=O)Nc3ncc(SCC(C)(C)C(=O)O)s3)C2)c(Cl)c1. The third-order valence-electron chi connectivity index (χ3n) is 5.72. The molecular formula is C22H28ClN3O3S2. The van der Waals surface area contributed by atoms with Gasteiger partial charge < -0.3 is 10.0 Å². The van der Waals surface area contributed by atoms with Crippen LogP contribution in [0, 0.1) is 12.3 Å². The average molecular weight is 482 g/mol. The van der Waals surface area contributed by atoms with Crippen molar-refractivity contribution in [2.75, 3.05) is 18.1 Å². The molecule has 0 bridgehead atoms. The van der Waals surface area contributed by atoms with Crippen LogP contribution in [0.1, 0.15) is 50.2 Å². The van der Waals surface area contributed by atoms with E-state index in [1.807, 2.05) is 20.0 Å². The van der Waals surface area contributed by atoms with Crippen molar-refractivity contribution in [1.29, 1.82) is 0 Å². The molecule has 9 heteroatoms. The van der Waals surface area contributed by atoms with Gasteiger partial charge in [0, 0.05) is 23.9 Å². The van der Waals surface area contributed by atoms with Gasteiger partial charge >= 0.3 is 12.0 Å². The maximum atomic E-state index is 12.7. The first-order valence-corrected chi connectivity index (χ1v) is 12.4. The molecule has 3 rings (SSSR count). The van der Waals surface area contributed by atoms with Crippen LogP contribution in [-0.4, -0.2) is 45.8 Å². The number of carbonyl (C=O) groups excluding carboxylic acids is 1. The molecule has 6 nitrogen and oxygen atoms in total. The normalized spacial score (nSPS) is 18.7. The van der Waals surface area contributed by atoms with E-state index in [0.717, 1.165) is 39.6 Å². The summed E-state index contributed by atoms with van der Waals surface area (Å²) in [6.07, 6.45) is 4.49. The molecule has 2 atom stereocenters. The Balaban J connectivity index is 1.54. The van der Waals surface area contributed by atoms with Crippen molar-refractivity contribution in [2.24, 2.45) is 5.41 Å². The molecule has 2 N–H and O–H groups in total. The summed E-state index contributed by atoms with van der Waals surface area (Å²) in [7, 11) is 1.82. The number of halogens is 1. The minimum atomic E-state index is -0.832. The van der Waals surface area contributed by atoms with E-state index in [2.05, 4.69) is 22.4 Å². The Morgan fingerprint density at radius 2 is 2.13 bits per heavy atom. The fourth-order valence-electron chi connectivity index (χ4n) is 3.60. The molecule has 2 amide bonds. The van der Waals surface area contributed by atoms with Crippen LogP contribution in [0.15, 0.2) is 28.6 Å². The number of aliphatic carboxylic acids is 1. The molecule has 1 aliphatic rings. The van der Waals surface area contributed by atoms with E-state index in [-0.39, 0.29) is 12.1 Å². The standard InChI is InChI=1S/C22H28ClN3O3S2/c1-13-5-8-16(17(23)9-13)14-6-7-15(10-14)26(4)21(29)25-20-24-11-18(31-20)30-12-22(2,3)19(27)28/h5,8-9,11,14-15H,6-7,10,12H2,1-4H3,(H,27,28)(H,24,25,29). The Bertz CT molecular complexity index is 963. The van der Waals surface area contributed by atoms with Crippen LogP contribution in [0.3, 0.4) is 0 Å². The van der Waals surface area contributed by atoms with Gasteiger partial charge in [0.15, 0.2) is 5.13 Å². The van der Waals surface area contributed by atoms with Gasteiger partial charge in [0.2, 0.25) is 0 Å². The zero-order valence-electron chi connectivity index (χ0n) is 18.1. The molecular weight excluding hydrogens is 454 g/mol. The lowest BCUT2D eigenvalue weighted by molar-refractivity contribution is -0.145. The van der Waals surface area contributed by atoms with Gasteiger partial charge in [-0.1, -0.05) is 35.1 Å². The van der Waals surface area contributed by atoms with Gasteiger partial charge in [0.25, 0.3) is 0 Å². The summed E-state index contributed by atoms with van der Waals surface area (Å²) in [6.45, 7) is 5.42. The van der Waals surface area contributed by atoms with Gasteiger partial charge in [0.1, 0.15) is 0 Å². The van der Waals surface area contributed by atoms with Crippen molar-refractivity contribution >= 4 is 51.8 Å². The monoisotopic (exact) mass is 481 g/mol. The van der Waals surface area contributed by atoms with Gasteiger partial charge in [-0.15, -0.1) is 11.8 Å². The lowest BCUT2D eigenvalue weighted by atomic mass is 9.96. The number of rotatable bonds is 7. The number of anilines is 1. The third-order valence-corrected chi connectivity index (χ3v) is 8.62. The number of amides is 2. The third kappa shape index (κ3) is 5.93. The van der Waals surface area contributed by atoms with Gasteiger partial charge in [-0.05, 0) is 63.1 Å². The van der Waals surface area contributed by atoms with Gasteiger partial charge in [0.05, 0.1) is 15.8 Å². The van der Waals surface area contributed by atoms with E-state index >= 15 is 0 Å². The topological polar surface area (TPSA) is 82.5 Å². The molecule has 1 aromatic heterocycles. The first kappa shape index (κ1) is 23.9. The number of aromatic nitrogens is 1. The fourth-order valence-corrected chi connectivity index (χ4v) is 5.93. The second-order valence-corrected chi connectivity index (χ2v) is 11.4. The van der Waals surface area contributed by atoms with Crippen LogP contribution < -0.4 is 5.32 Å². The summed E-state index contributed by atoms with van der Waals surface area (Å²) in [6, 6.07) is 6.15. The lowest BCUT2D eigenvalue weighted by Crippen LogP contribution is -2.38. The molecule has 0 spiro atoms. The van der Waals surface area contributed by atoms with Crippen LogP contribution >= 0.6 is 34.7 Å². The highest BCUT2D eigenvalue weighted by Gasteiger charge is 2.32. The molecule has 1 saturated carbocycles. The van der Waals surface area contributed by atoms with Crippen LogP contribution in [0.5, 0.6) is 0 Å². The highest BCUT2D eigenvalue weighted by molar-refractivity contribution is 8.01. The molecule has 0 aliphatic heterocycles. The minimum Gasteiger partial charge on any atom is -0.481 e. The summed E-state index contributed by atoms with van der Waals surface area (Å²) in [5, 5.41) is 13.4. The molecule has 0 saturated heterocycles. The van der Waals surface area contributed by atoms with Gasteiger partial charge in [-0.3, -0.25) is 10.1 Å². The highest BCUT2D eigenvalue weighted by atomic mass is 35.5. The van der Waals surface area contributed by atoms with E-state index in [1.54, 1.807) is 24.9 Å². The maximum Gasteiger partial charge on any atom is 0.323 e. The zero-order chi connectivity index (χ0) is 22.8. The largest absolute Gasteiger partial charge is 0.481 e. The molecule has 1 aromatic carbocycles. The summed E-state index contributed by atoms with van der Waals surface area (Å²) < 4.78 is 0.877. The Hall–Kier alpha value is -1.77.